The molecule has 0 unspecified atom stereocenters. The van der Waals surface area contributed by atoms with Gasteiger partial charge in [-0.2, -0.15) is 13.2 Å². The number of halogens is 4. The highest BCUT2D eigenvalue weighted by molar-refractivity contribution is 7.89. The molecule has 7 nitrogen and oxygen atoms in total. The van der Waals surface area contributed by atoms with E-state index in [1.54, 1.807) is 0 Å². The summed E-state index contributed by atoms with van der Waals surface area (Å²) in [7, 11) is -4.07. The highest BCUT2D eigenvalue weighted by Crippen LogP contribution is 2.47. The summed E-state index contributed by atoms with van der Waals surface area (Å²) in [5.74, 6) is -2.64. The van der Waals surface area contributed by atoms with Crippen LogP contribution in [-0.4, -0.2) is 19.4 Å². The van der Waals surface area contributed by atoms with E-state index in [1.165, 1.54) is 30.3 Å². The zero-order valence-electron chi connectivity index (χ0n) is 18.5. The molecule has 3 aromatic rings. The zero-order chi connectivity index (χ0) is 26.3. The van der Waals surface area contributed by atoms with Crippen molar-refractivity contribution < 1.29 is 40.6 Å². The number of aliphatic hydroxyl groups excluding tert-OH is 1. The van der Waals surface area contributed by atoms with Gasteiger partial charge in [-0.05, 0) is 60.7 Å². The van der Waals surface area contributed by atoms with Crippen LogP contribution in [-0.2, 0) is 22.8 Å². The van der Waals surface area contributed by atoms with Crippen molar-refractivity contribution in [2.24, 2.45) is 5.14 Å². The maximum absolute atomic E-state index is 14.2. The summed E-state index contributed by atoms with van der Waals surface area (Å²) in [6, 6.07) is 9.94. The van der Waals surface area contributed by atoms with Crippen LogP contribution in [0.1, 0.15) is 45.8 Å². The van der Waals surface area contributed by atoms with Crippen LogP contribution >= 0.6 is 0 Å². The number of benzene rings is 3. The third kappa shape index (κ3) is 5.66. The van der Waals surface area contributed by atoms with Crippen LogP contribution in [0.3, 0.4) is 0 Å². The number of carbonyl (C=O) groups excluding carboxylic acids is 1. The molecule has 0 bridgehead atoms. The number of ether oxygens (including phenoxy) is 1. The van der Waals surface area contributed by atoms with Crippen molar-refractivity contribution >= 4 is 21.6 Å². The number of rotatable bonds is 7. The molecular formula is C24H20F4N2O5S. The molecule has 190 valence electrons. The van der Waals surface area contributed by atoms with Crippen molar-refractivity contribution in [3.05, 3.63) is 82.7 Å². The van der Waals surface area contributed by atoms with Gasteiger partial charge in [0.15, 0.2) is 0 Å². The van der Waals surface area contributed by atoms with E-state index < -0.39 is 45.8 Å². The quantitative estimate of drug-likeness (QED) is 0.380. The fraction of sp³-hybridized carbons (Fsp3) is 0.208. The fourth-order valence-corrected chi connectivity index (χ4v) is 4.19. The van der Waals surface area contributed by atoms with E-state index in [9.17, 15) is 30.8 Å². The Labute approximate surface area is 203 Å². The van der Waals surface area contributed by atoms with Gasteiger partial charge in [0, 0.05) is 17.3 Å². The number of aliphatic hydroxyl groups is 1. The van der Waals surface area contributed by atoms with Crippen LogP contribution in [0.4, 0.5) is 23.2 Å². The molecule has 0 saturated heterocycles. The summed E-state index contributed by atoms with van der Waals surface area (Å²) in [6.07, 6.45) is -3.63. The number of sulfonamides is 1. The molecule has 0 radical (unpaired) electrons. The molecule has 0 heterocycles. The Kier molecular flexibility index (Phi) is 6.78. The highest BCUT2D eigenvalue weighted by atomic mass is 32.2. The summed E-state index contributed by atoms with van der Waals surface area (Å²) in [6.45, 7) is -0.591. The van der Waals surface area contributed by atoms with Gasteiger partial charge in [0.1, 0.15) is 17.3 Å². The molecule has 0 aromatic heterocycles. The SMILES string of the molecule is NS(=O)(=O)c1cccc(NC(=O)c2c(Oc3ccc(CO)c(F)c3)cc(C(F)(F)F)cc2C2CC2)c1. The second-order valence-electron chi connectivity index (χ2n) is 8.25. The van der Waals surface area contributed by atoms with Crippen LogP contribution in [0.25, 0.3) is 0 Å². The smallest absolute Gasteiger partial charge is 0.416 e. The van der Waals surface area contributed by atoms with E-state index in [0.717, 1.165) is 18.2 Å². The Hall–Kier alpha value is -3.48. The molecule has 1 aliphatic carbocycles. The third-order valence-electron chi connectivity index (χ3n) is 5.55. The first-order chi connectivity index (χ1) is 16.9. The van der Waals surface area contributed by atoms with Crippen molar-refractivity contribution in [3.63, 3.8) is 0 Å². The van der Waals surface area contributed by atoms with E-state index in [-0.39, 0.29) is 38.9 Å². The first-order valence-corrected chi connectivity index (χ1v) is 12.2. The maximum Gasteiger partial charge on any atom is 0.416 e. The normalized spacial score (nSPS) is 13.9. The van der Waals surface area contributed by atoms with Crippen LogP contribution < -0.4 is 15.2 Å². The topological polar surface area (TPSA) is 119 Å². The second-order valence-corrected chi connectivity index (χ2v) is 9.81. The van der Waals surface area contributed by atoms with Gasteiger partial charge in [0.2, 0.25) is 10.0 Å². The molecule has 0 aliphatic heterocycles. The molecule has 1 aliphatic rings. The number of nitrogens with one attached hydrogen (secondary N) is 1. The monoisotopic (exact) mass is 524 g/mol. The first kappa shape index (κ1) is 25.6. The van der Waals surface area contributed by atoms with Gasteiger partial charge in [-0.1, -0.05) is 12.1 Å². The summed E-state index contributed by atoms with van der Waals surface area (Å²) >= 11 is 0. The number of carbonyl (C=O) groups is 1. The summed E-state index contributed by atoms with van der Waals surface area (Å²) in [4.78, 5) is 13.0. The van der Waals surface area contributed by atoms with Crippen LogP contribution in [0.15, 0.2) is 59.5 Å². The van der Waals surface area contributed by atoms with E-state index in [1.807, 2.05) is 0 Å². The van der Waals surface area contributed by atoms with Gasteiger partial charge in [0.25, 0.3) is 5.91 Å². The van der Waals surface area contributed by atoms with Gasteiger partial charge in [0.05, 0.1) is 22.6 Å². The highest BCUT2D eigenvalue weighted by Gasteiger charge is 2.37. The standard InChI is InChI=1S/C24H20F4N2O5S/c25-20-11-17(7-6-14(20)12-31)35-21-9-15(24(26,27)28)8-19(13-4-5-13)22(21)23(32)30-16-2-1-3-18(10-16)36(29,33)34/h1-3,6-11,13,31H,4-5,12H2,(H,30,32)(H2,29,33,34). The lowest BCUT2D eigenvalue weighted by atomic mass is 9.97. The minimum atomic E-state index is -4.74. The number of primary sulfonamides is 1. The average Bonchev–Trinajstić information content (AvgIpc) is 3.63. The Morgan fingerprint density at radius 3 is 2.42 bits per heavy atom. The molecule has 1 amide bonds. The predicted octanol–water partition coefficient (Wildman–Crippen LogP) is 4.91. The molecule has 3 aromatic carbocycles. The lowest BCUT2D eigenvalue weighted by molar-refractivity contribution is -0.137. The minimum Gasteiger partial charge on any atom is -0.456 e. The van der Waals surface area contributed by atoms with E-state index in [4.69, 9.17) is 15.0 Å². The first-order valence-electron chi connectivity index (χ1n) is 10.6. The van der Waals surface area contributed by atoms with E-state index in [2.05, 4.69) is 5.32 Å². The number of hydrogen-bond donors (Lipinski definition) is 3. The van der Waals surface area contributed by atoms with Crippen molar-refractivity contribution in [3.8, 4) is 11.5 Å². The zero-order valence-corrected chi connectivity index (χ0v) is 19.3. The Morgan fingerprint density at radius 1 is 1.11 bits per heavy atom. The van der Waals surface area contributed by atoms with Gasteiger partial charge >= 0.3 is 6.18 Å². The summed E-state index contributed by atoms with van der Waals surface area (Å²) in [5.41, 5.74) is -1.14. The Morgan fingerprint density at radius 2 is 1.83 bits per heavy atom. The lowest BCUT2D eigenvalue weighted by Gasteiger charge is -2.19. The Balaban J connectivity index is 1.80. The van der Waals surface area contributed by atoms with Gasteiger partial charge in [-0.3, -0.25) is 4.79 Å². The molecule has 1 fully saturated rings. The number of alkyl halides is 3. The minimum absolute atomic E-state index is 0.0393. The Bertz CT molecular complexity index is 1440. The molecule has 0 spiro atoms. The molecule has 0 atom stereocenters. The van der Waals surface area contributed by atoms with Crippen molar-refractivity contribution in [2.75, 3.05) is 5.32 Å². The largest absolute Gasteiger partial charge is 0.456 e. The van der Waals surface area contributed by atoms with Gasteiger partial charge in [-0.25, -0.2) is 17.9 Å². The number of nitrogens with two attached hydrogens (primary N) is 1. The second kappa shape index (κ2) is 9.52. The van der Waals surface area contributed by atoms with E-state index >= 15 is 0 Å². The third-order valence-corrected chi connectivity index (χ3v) is 6.46. The average molecular weight is 524 g/mol. The summed E-state index contributed by atoms with van der Waals surface area (Å²) < 4.78 is 84.0. The predicted molar refractivity (Wildman–Crippen MR) is 122 cm³/mol. The van der Waals surface area contributed by atoms with E-state index in [0.29, 0.717) is 18.9 Å². The fourth-order valence-electron chi connectivity index (χ4n) is 3.63. The van der Waals surface area contributed by atoms with Crippen molar-refractivity contribution in [1.82, 2.24) is 0 Å². The molecule has 36 heavy (non-hydrogen) atoms. The number of anilines is 1. The lowest BCUT2D eigenvalue weighted by Crippen LogP contribution is -2.18. The van der Waals surface area contributed by atoms with Crippen molar-refractivity contribution in [2.45, 2.75) is 36.4 Å². The van der Waals surface area contributed by atoms with Crippen LogP contribution in [0.2, 0.25) is 0 Å². The van der Waals surface area contributed by atoms with Crippen LogP contribution in [0, 0.1) is 5.82 Å². The molecule has 12 heteroatoms. The molecule has 4 rings (SSSR count). The van der Waals surface area contributed by atoms with Crippen molar-refractivity contribution in [1.29, 1.82) is 0 Å². The maximum atomic E-state index is 14.2. The van der Waals surface area contributed by atoms with Gasteiger partial charge in [-0.15, -0.1) is 0 Å². The number of amides is 1. The molecular weight excluding hydrogens is 504 g/mol. The number of hydrogen-bond acceptors (Lipinski definition) is 5. The van der Waals surface area contributed by atoms with Crippen LogP contribution in [0.5, 0.6) is 11.5 Å². The molecule has 4 N–H and O–H groups in total. The molecule has 1 saturated carbocycles. The van der Waals surface area contributed by atoms with Gasteiger partial charge < -0.3 is 15.2 Å². The summed E-state index contributed by atoms with van der Waals surface area (Å²) in [5, 5.41) is 16.8.